The Hall–Kier alpha value is -4.61. The third-order valence-electron chi connectivity index (χ3n) is 6.35. The van der Waals surface area contributed by atoms with Gasteiger partial charge in [0, 0.05) is 18.3 Å². The van der Waals surface area contributed by atoms with Gasteiger partial charge in [0.1, 0.15) is 22.9 Å². The number of methoxy groups -OCH3 is 1. The Morgan fingerprint density at radius 2 is 1.68 bits per heavy atom. The molecule has 1 aliphatic heterocycles. The molecule has 1 aromatic heterocycles. The molecule has 3 aromatic rings. The number of imide groups is 1. The fourth-order valence-electron chi connectivity index (χ4n) is 4.31. The van der Waals surface area contributed by atoms with Crippen molar-refractivity contribution in [3.05, 3.63) is 78.0 Å². The zero-order valence-corrected chi connectivity index (χ0v) is 20.0. The summed E-state index contributed by atoms with van der Waals surface area (Å²) in [6.45, 7) is 0.0737. The Kier molecular flexibility index (Phi) is 6.17. The monoisotopic (exact) mass is 526 g/mol. The van der Waals surface area contributed by atoms with Crippen LogP contribution in [0.4, 0.5) is 29.5 Å². The molecule has 0 unspecified atom stereocenters. The van der Waals surface area contributed by atoms with Crippen LogP contribution in [0.15, 0.2) is 66.9 Å². The SMILES string of the molecule is COc1ccc(C(=O)Nc2cc(CN3C(=O)N(c4ccc(OC(F)(F)F)cc4)C(=O)C34CC4)ccn2)cc1. The lowest BCUT2D eigenvalue weighted by Crippen LogP contribution is -2.36. The predicted octanol–water partition coefficient (Wildman–Crippen LogP) is 4.74. The van der Waals surface area contributed by atoms with Crippen molar-refractivity contribution in [3.63, 3.8) is 0 Å². The molecule has 0 bridgehead atoms. The third kappa shape index (κ3) is 4.84. The summed E-state index contributed by atoms with van der Waals surface area (Å²) in [5.41, 5.74) is 0.171. The predicted molar refractivity (Wildman–Crippen MR) is 129 cm³/mol. The van der Waals surface area contributed by atoms with Crippen LogP contribution in [0.3, 0.4) is 0 Å². The zero-order valence-electron chi connectivity index (χ0n) is 20.0. The molecule has 0 atom stereocenters. The van der Waals surface area contributed by atoms with Crippen LogP contribution in [0.5, 0.6) is 11.5 Å². The molecule has 4 amide bonds. The molecule has 9 nitrogen and oxygen atoms in total. The number of carbonyl (C=O) groups excluding carboxylic acids is 3. The molecule has 2 aliphatic rings. The first-order valence-corrected chi connectivity index (χ1v) is 11.5. The van der Waals surface area contributed by atoms with Gasteiger partial charge >= 0.3 is 12.4 Å². The fourth-order valence-corrected chi connectivity index (χ4v) is 4.31. The number of alkyl halides is 3. The van der Waals surface area contributed by atoms with Gasteiger partial charge in [-0.05, 0) is 79.1 Å². The van der Waals surface area contributed by atoms with E-state index in [1.165, 1.54) is 30.3 Å². The number of nitrogens with one attached hydrogen (secondary N) is 1. The minimum Gasteiger partial charge on any atom is -0.497 e. The van der Waals surface area contributed by atoms with E-state index in [9.17, 15) is 27.6 Å². The molecule has 196 valence electrons. The number of pyridine rings is 1. The average Bonchev–Trinajstić information content (AvgIpc) is 3.66. The molecular formula is C26H21F3N4O5. The summed E-state index contributed by atoms with van der Waals surface area (Å²) in [5, 5.41) is 2.71. The summed E-state index contributed by atoms with van der Waals surface area (Å²) in [5.74, 6) is -0.399. The van der Waals surface area contributed by atoms with Crippen molar-refractivity contribution < 1.29 is 37.0 Å². The molecule has 2 fully saturated rings. The van der Waals surface area contributed by atoms with E-state index >= 15 is 0 Å². The summed E-state index contributed by atoms with van der Waals surface area (Å²) in [4.78, 5) is 45.7. The summed E-state index contributed by atoms with van der Waals surface area (Å²) in [7, 11) is 1.53. The van der Waals surface area contributed by atoms with E-state index < -0.39 is 29.6 Å². The maximum atomic E-state index is 13.3. The number of nitrogens with zero attached hydrogens (tertiary/aromatic N) is 3. The topological polar surface area (TPSA) is 101 Å². The maximum Gasteiger partial charge on any atom is 0.573 e. The molecule has 1 saturated carbocycles. The van der Waals surface area contributed by atoms with Crippen LogP contribution in [-0.2, 0) is 11.3 Å². The normalized spacial score (nSPS) is 16.1. The van der Waals surface area contributed by atoms with Crippen LogP contribution in [0.2, 0.25) is 0 Å². The number of amides is 4. The van der Waals surface area contributed by atoms with Gasteiger partial charge in [-0.25, -0.2) is 14.7 Å². The molecule has 1 aliphatic carbocycles. The number of rotatable bonds is 7. The Balaban J connectivity index is 1.31. The van der Waals surface area contributed by atoms with Gasteiger partial charge in [0.05, 0.1) is 12.8 Å². The quantitative estimate of drug-likeness (QED) is 0.447. The van der Waals surface area contributed by atoms with E-state index in [2.05, 4.69) is 15.0 Å². The first-order valence-electron chi connectivity index (χ1n) is 11.5. The highest BCUT2D eigenvalue weighted by Gasteiger charge is 2.65. The second-order valence-corrected chi connectivity index (χ2v) is 8.81. The summed E-state index contributed by atoms with van der Waals surface area (Å²) in [6, 6.07) is 13.8. The molecule has 5 rings (SSSR count). The highest BCUT2D eigenvalue weighted by molar-refractivity contribution is 6.24. The van der Waals surface area contributed by atoms with Crippen LogP contribution in [0.25, 0.3) is 0 Å². The van der Waals surface area contributed by atoms with Crippen molar-refractivity contribution in [1.82, 2.24) is 9.88 Å². The minimum atomic E-state index is -4.85. The third-order valence-corrected chi connectivity index (χ3v) is 6.35. The minimum absolute atomic E-state index is 0.0737. The average molecular weight is 526 g/mol. The van der Waals surface area contributed by atoms with Crippen LogP contribution < -0.4 is 19.7 Å². The van der Waals surface area contributed by atoms with Gasteiger partial charge in [0.15, 0.2) is 0 Å². The van der Waals surface area contributed by atoms with Crippen LogP contribution in [0, 0.1) is 0 Å². The first kappa shape index (κ1) is 25.1. The lowest BCUT2D eigenvalue weighted by atomic mass is 10.1. The van der Waals surface area contributed by atoms with E-state index in [4.69, 9.17) is 4.74 Å². The van der Waals surface area contributed by atoms with Gasteiger partial charge in [-0.1, -0.05) is 0 Å². The molecule has 1 saturated heterocycles. The van der Waals surface area contributed by atoms with Gasteiger partial charge < -0.3 is 19.7 Å². The summed E-state index contributed by atoms with van der Waals surface area (Å²) in [6.07, 6.45) is -2.43. The van der Waals surface area contributed by atoms with Crippen molar-refractivity contribution in [2.75, 3.05) is 17.3 Å². The lowest BCUT2D eigenvalue weighted by Gasteiger charge is -2.21. The van der Waals surface area contributed by atoms with Gasteiger partial charge in [0.25, 0.3) is 11.8 Å². The number of anilines is 2. The van der Waals surface area contributed by atoms with E-state index in [1.807, 2.05) is 0 Å². The van der Waals surface area contributed by atoms with Gasteiger partial charge in [-0.3, -0.25) is 9.59 Å². The van der Waals surface area contributed by atoms with Crippen molar-refractivity contribution >= 4 is 29.4 Å². The Morgan fingerprint density at radius 1 is 1.03 bits per heavy atom. The molecular weight excluding hydrogens is 505 g/mol. The van der Waals surface area contributed by atoms with Gasteiger partial charge in [-0.2, -0.15) is 0 Å². The summed E-state index contributed by atoms with van der Waals surface area (Å²) >= 11 is 0. The highest BCUT2D eigenvalue weighted by atomic mass is 19.4. The molecule has 2 aromatic carbocycles. The Labute approximate surface area is 214 Å². The molecule has 1 N–H and O–H groups in total. The molecule has 12 heteroatoms. The van der Waals surface area contributed by atoms with Crippen LogP contribution in [0.1, 0.15) is 28.8 Å². The molecule has 38 heavy (non-hydrogen) atoms. The lowest BCUT2D eigenvalue weighted by molar-refractivity contribution is -0.274. The second-order valence-electron chi connectivity index (χ2n) is 8.81. The van der Waals surface area contributed by atoms with Crippen molar-refractivity contribution in [1.29, 1.82) is 0 Å². The summed E-state index contributed by atoms with van der Waals surface area (Å²) < 4.78 is 46.4. The number of hydrogen-bond acceptors (Lipinski definition) is 6. The number of aromatic nitrogens is 1. The van der Waals surface area contributed by atoms with E-state index in [0.717, 1.165) is 17.0 Å². The second kappa shape index (κ2) is 9.36. The number of carbonyl (C=O) groups is 3. The van der Waals surface area contributed by atoms with Crippen molar-refractivity contribution in [2.24, 2.45) is 0 Å². The van der Waals surface area contributed by atoms with Gasteiger partial charge in [0.2, 0.25) is 0 Å². The molecule has 2 heterocycles. The number of urea groups is 1. The number of hydrogen-bond donors (Lipinski definition) is 1. The fraction of sp³-hybridized carbons (Fsp3) is 0.231. The van der Waals surface area contributed by atoms with Crippen molar-refractivity contribution in [3.8, 4) is 11.5 Å². The zero-order chi connectivity index (χ0) is 27.1. The first-order chi connectivity index (χ1) is 18.1. The van der Waals surface area contributed by atoms with Crippen LogP contribution in [-0.4, -0.2) is 46.7 Å². The van der Waals surface area contributed by atoms with E-state index in [-0.39, 0.29) is 24.0 Å². The largest absolute Gasteiger partial charge is 0.573 e. The Morgan fingerprint density at radius 3 is 2.29 bits per heavy atom. The number of halogens is 3. The maximum absolute atomic E-state index is 13.3. The van der Waals surface area contributed by atoms with Crippen LogP contribution >= 0.6 is 0 Å². The van der Waals surface area contributed by atoms with E-state index in [1.54, 1.807) is 36.4 Å². The number of benzene rings is 2. The highest BCUT2D eigenvalue weighted by Crippen LogP contribution is 2.49. The van der Waals surface area contributed by atoms with Gasteiger partial charge in [-0.15, -0.1) is 13.2 Å². The molecule has 1 spiro atoms. The molecule has 0 radical (unpaired) electrons. The smallest absolute Gasteiger partial charge is 0.497 e. The van der Waals surface area contributed by atoms with E-state index in [0.29, 0.717) is 29.7 Å². The Bertz CT molecular complexity index is 1390. The van der Waals surface area contributed by atoms with Crippen molar-refractivity contribution in [2.45, 2.75) is 31.3 Å². The standard InChI is InChI=1S/C26H21F3N4O5/c1-37-19-6-2-17(3-7-19)22(34)31-21-14-16(10-13-30-21)15-32-24(36)33(23(35)25(32)11-12-25)18-4-8-20(9-5-18)38-26(27,28)29/h2-10,13-14H,11-12,15H2,1H3,(H,30,31,34). The number of ether oxygens (including phenoxy) is 2.